The van der Waals surface area contributed by atoms with E-state index in [1.165, 1.54) is 0 Å². The third-order valence-electron chi connectivity index (χ3n) is 3.27. The third-order valence-corrected chi connectivity index (χ3v) is 3.27. The maximum absolute atomic E-state index is 14.3. The first kappa shape index (κ1) is 16.8. The maximum atomic E-state index is 14.3. The molecular formula is C9F8N2O4. The molecule has 2 atom stereocenters. The fraction of sp³-hybridized carbons (Fsp3) is 0.333. The summed E-state index contributed by atoms with van der Waals surface area (Å²) in [6.07, 6.45) is 0. The number of hydrogen-bond acceptors (Lipinski definition) is 4. The number of hydrogen-bond donors (Lipinski definition) is 0. The van der Waals surface area contributed by atoms with Crippen molar-refractivity contribution in [3.8, 4) is 0 Å². The van der Waals surface area contributed by atoms with E-state index in [0.717, 1.165) is 0 Å². The highest BCUT2D eigenvalue weighted by atomic mass is 19.3. The van der Waals surface area contributed by atoms with Crippen molar-refractivity contribution in [1.29, 1.82) is 0 Å². The van der Waals surface area contributed by atoms with Crippen molar-refractivity contribution in [3.05, 3.63) is 54.6 Å². The number of benzene rings is 1. The van der Waals surface area contributed by atoms with Crippen LogP contribution in [0.4, 0.5) is 35.1 Å². The highest BCUT2D eigenvalue weighted by molar-refractivity contribution is 5.46. The standard InChI is InChI=1S/C9F8N2O4/c10-3-1-2(4(11)6(13)5(3)12)8(16,18(20)21)9(17,19(22)23)7(1,14)15. The molecule has 126 valence electrons. The zero-order valence-electron chi connectivity index (χ0n) is 10.1. The summed E-state index contributed by atoms with van der Waals surface area (Å²) >= 11 is 0. The lowest BCUT2D eigenvalue weighted by Crippen LogP contribution is -2.59. The lowest BCUT2D eigenvalue weighted by molar-refractivity contribution is -0.758. The Labute approximate surface area is 118 Å². The molecule has 23 heavy (non-hydrogen) atoms. The number of rotatable bonds is 2. The topological polar surface area (TPSA) is 86.3 Å². The Bertz CT molecular complexity index is 771. The van der Waals surface area contributed by atoms with Crippen molar-refractivity contribution >= 4 is 0 Å². The summed E-state index contributed by atoms with van der Waals surface area (Å²) in [4.78, 5) is 15.6. The van der Waals surface area contributed by atoms with Gasteiger partial charge in [-0.1, -0.05) is 0 Å². The zero-order valence-corrected chi connectivity index (χ0v) is 10.1. The number of nitrogens with zero attached hydrogens (tertiary/aromatic N) is 2. The molecule has 0 aromatic heterocycles. The van der Waals surface area contributed by atoms with Crippen LogP contribution in [0.5, 0.6) is 0 Å². The smallest absolute Gasteiger partial charge is 0.261 e. The molecule has 0 saturated heterocycles. The first-order chi connectivity index (χ1) is 10.3. The summed E-state index contributed by atoms with van der Waals surface area (Å²) in [6, 6.07) is 0. The molecule has 14 heteroatoms. The van der Waals surface area contributed by atoms with Crippen LogP contribution in [0.1, 0.15) is 11.1 Å². The molecular weight excluding hydrogens is 352 g/mol. The minimum Gasteiger partial charge on any atom is -0.261 e. The maximum Gasteiger partial charge on any atom is 0.530 e. The van der Waals surface area contributed by atoms with Crippen molar-refractivity contribution in [3.63, 3.8) is 0 Å². The van der Waals surface area contributed by atoms with Gasteiger partial charge in [0.2, 0.25) is 0 Å². The van der Waals surface area contributed by atoms with E-state index in [-0.39, 0.29) is 0 Å². The molecule has 0 bridgehead atoms. The van der Waals surface area contributed by atoms with Crippen LogP contribution in [0.3, 0.4) is 0 Å². The van der Waals surface area contributed by atoms with Crippen LogP contribution in [0.15, 0.2) is 0 Å². The molecule has 1 aliphatic rings. The van der Waals surface area contributed by atoms with Gasteiger partial charge < -0.3 is 0 Å². The fourth-order valence-corrected chi connectivity index (χ4v) is 2.22. The van der Waals surface area contributed by atoms with Gasteiger partial charge in [0.15, 0.2) is 23.3 Å². The minimum atomic E-state index is -6.05. The summed E-state index contributed by atoms with van der Waals surface area (Å²) in [5.41, 5.74) is -5.91. The van der Waals surface area contributed by atoms with E-state index in [0.29, 0.717) is 0 Å². The summed E-state index contributed by atoms with van der Waals surface area (Å²) in [5.74, 6) is -29.9. The third kappa shape index (κ3) is 1.47. The van der Waals surface area contributed by atoms with Crippen LogP contribution >= 0.6 is 0 Å². The van der Waals surface area contributed by atoms with Gasteiger partial charge in [0.05, 0.1) is 15.4 Å². The van der Waals surface area contributed by atoms with Gasteiger partial charge in [-0.15, -0.1) is 4.39 Å². The van der Waals surface area contributed by atoms with E-state index in [1.54, 1.807) is 0 Å². The van der Waals surface area contributed by atoms with Crippen molar-refractivity contribution in [2.24, 2.45) is 0 Å². The molecule has 2 rings (SSSR count). The second-order valence-corrected chi connectivity index (χ2v) is 4.34. The second kappa shape index (κ2) is 4.26. The van der Waals surface area contributed by atoms with Crippen LogP contribution in [-0.4, -0.2) is 15.6 Å². The van der Waals surface area contributed by atoms with Gasteiger partial charge in [-0.2, -0.15) is 13.2 Å². The second-order valence-electron chi connectivity index (χ2n) is 4.34. The molecule has 2 unspecified atom stereocenters. The van der Waals surface area contributed by atoms with E-state index in [4.69, 9.17) is 0 Å². The van der Waals surface area contributed by atoms with E-state index < -0.39 is 61.8 Å². The predicted molar refractivity (Wildman–Crippen MR) is 50.8 cm³/mol. The SMILES string of the molecule is O=[N+]([O-])C1(F)c2c(F)c(F)c(F)c(F)c2C(F)(F)C1(F)[N+](=O)[O-]. The Morgan fingerprint density at radius 2 is 1.09 bits per heavy atom. The number of fused-ring (bicyclic) bond motifs is 1. The highest BCUT2D eigenvalue weighted by Crippen LogP contribution is 2.63. The molecule has 0 amide bonds. The van der Waals surface area contributed by atoms with Gasteiger partial charge in [0.1, 0.15) is 5.56 Å². The normalized spacial score (nSPS) is 28.5. The molecule has 0 saturated carbocycles. The molecule has 1 aromatic rings. The van der Waals surface area contributed by atoms with Gasteiger partial charge in [-0.25, -0.2) is 17.6 Å². The van der Waals surface area contributed by atoms with Crippen molar-refractivity contribution in [1.82, 2.24) is 0 Å². The first-order valence-corrected chi connectivity index (χ1v) is 5.19. The molecule has 0 fully saturated rings. The van der Waals surface area contributed by atoms with Crippen molar-refractivity contribution < 1.29 is 45.0 Å². The van der Waals surface area contributed by atoms with E-state index in [2.05, 4.69) is 0 Å². The van der Waals surface area contributed by atoms with Crippen LogP contribution < -0.4 is 0 Å². The average Bonchev–Trinajstić information content (AvgIpc) is 2.59. The van der Waals surface area contributed by atoms with Crippen LogP contribution in [0.25, 0.3) is 0 Å². The lowest BCUT2D eigenvalue weighted by Gasteiger charge is -2.22. The summed E-state index contributed by atoms with van der Waals surface area (Å²) in [6.45, 7) is 0. The lowest BCUT2D eigenvalue weighted by atomic mass is 10.0. The Hall–Kier alpha value is -2.54. The summed E-state index contributed by atoms with van der Waals surface area (Å²) in [7, 11) is 0. The van der Waals surface area contributed by atoms with Gasteiger partial charge in [-0.3, -0.25) is 20.2 Å². The minimum absolute atomic E-state index is 2.69. The first-order valence-electron chi connectivity index (χ1n) is 5.19. The van der Waals surface area contributed by atoms with Crippen molar-refractivity contribution in [2.75, 3.05) is 0 Å². The van der Waals surface area contributed by atoms with E-state index in [1.807, 2.05) is 0 Å². The molecule has 1 aliphatic carbocycles. The van der Waals surface area contributed by atoms with Gasteiger partial charge in [0, 0.05) is 0 Å². The fourth-order valence-electron chi connectivity index (χ4n) is 2.22. The monoisotopic (exact) mass is 352 g/mol. The number of alkyl halides is 4. The van der Waals surface area contributed by atoms with Crippen LogP contribution in [0.2, 0.25) is 0 Å². The van der Waals surface area contributed by atoms with Crippen LogP contribution in [0, 0.1) is 43.5 Å². The molecule has 0 radical (unpaired) electrons. The Morgan fingerprint density at radius 3 is 1.43 bits per heavy atom. The van der Waals surface area contributed by atoms with Crippen LogP contribution in [-0.2, 0) is 11.7 Å². The van der Waals surface area contributed by atoms with Gasteiger partial charge in [-0.05, 0) is 0 Å². The number of nitro groups is 2. The summed E-state index contributed by atoms with van der Waals surface area (Å²) in [5, 5.41) is 21.1. The van der Waals surface area contributed by atoms with Gasteiger partial charge in [0.25, 0.3) is 0 Å². The van der Waals surface area contributed by atoms with Gasteiger partial charge >= 0.3 is 17.5 Å². The highest BCUT2D eigenvalue weighted by Gasteiger charge is 2.95. The molecule has 0 spiro atoms. The molecule has 0 N–H and O–H groups in total. The number of halogens is 8. The average molecular weight is 352 g/mol. The van der Waals surface area contributed by atoms with Crippen molar-refractivity contribution in [2.45, 2.75) is 17.5 Å². The summed E-state index contributed by atoms with van der Waals surface area (Å²) < 4.78 is 109. The largest absolute Gasteiger partial charge is 0.530 e. The molecule has 1 aromatic carbocycles. The molecule has 6 nitrogen and oxygen atoms in total. The van der Waals surface area contributed by atoms with E-state index in [9.17, 15) is 55.4 Å². The Morgan fingerprint density at radius 1 is 0.696 bits per heavy atom. The Balaban J connectivity index is 3.16. The quantitative estimate of drug-likeness (QED) is 0.205. The Kier molecular flexibility index (Phi) is 3.12. The molecule has 0 heterocycles. The van der Waals surface area contributed by atoms with E-state index >= 15 is 0 Å². The predicted octanol–water partition coefficient (Wildman–Crippen LogP) is 2.69. The molecule has 0 aliphatic heterocycles. The zero-order chi connectivity index (χ0) is 18.1.